The first-order chi connectivity index (χ1) is 17.3. The second-order valence-electron chi connectivity index (χ2n) is 8.98. The molecule has 0 aliphatic carbocycles. The number of amides is 3. The minimum absolute atomic E-state index is 0.0811. The average molecular weight is 497 g/mol. The van der Waals surface area contributed by atoms with Crippen LogP contribution in [0.2, 0.25) is 0 Å². The largest absolute Gasteiger partial charge is 0.468 e. The number of nitrogens with one attached hydrogen (secondary N) is 2. The van der Waals surface area contributed by atoms with Crippen LogP contribution >= 0.6 is 0 Å². The first kappa shape index (κ1) is 26.7. The minimum Gasteiger partial charge on any atom is -0.468 e. The molecule has 0 bridgehead atoms. The van der Waals surface area contributed by atoms with E-state index in [1.54, 1.807) is 24.4 Å². The van der Waals surface area contributed by atoms with Gasteiger partial charge in [-0.15, -0.1) is 0 Å². The molecule has 3 rings (SSSR count). The van der Waals surface area contributed by atoms with Crippen LogP contribution in [0.5, 0.6) is 5.88 Å². The van der Waals surface area contributed by atoms with E-state index < -0.39 is 24.1 Å². The van der Waals surface area contributed by atoms with Gasteiger partial charge in [0.05, 0.1) is 12.6 Å². The second-order valence-corrected chi connectivity index (χ2v) is 8.98. The van der Waals surface area contributed by atoms with E-state index in [-0.39, 0.29) is 43.8 Å². The highest BCUT2D eigenvalue weighted by atomic mass is 16.5. The third-order valence-corrected chi connectivity index (χ3v) is 5.60. The zero-order chi connectivity index (χ0) is 25.9. The van der Waals surface area contributed by atoms with E-state index in [9.17, 15) is 19.2 Å². The van der Waals surface area contributed by atoms with E-state index in [1.165, 1.54) is 4.90 Å². The Morgan fingerprint density at radius 2 is 1.86 bits per heavy atom. The molecule has 1 saturated heterocycles. The van der Waals surface area contributed by atoms with Crippen molar-refractivity contribution in [3.63, 3.8) is 0 Å². The molecule has 1 unspecified atom stereocenters. The van der Waals surface area contributed by atoms with Crippen LogP contribution in [0.4, 0.5) is 4.79 Å². The van der Waals surface area contributed by atoms with Crippen LogP contribution in [0.15, 0.2) is 54.7 Å². The molecule has 1 fully saturated rings. The van der Waals surface area contributed by atoms with E-state index in [4.69, 9.17) is 9.47 Å². The molecule has 10 heteroatoms. The van der Waals surface area contributed by atoms with Crippen molar-refractivity contribution in [1.29, 1.82) is 0 Å². The van der Waals surface area contributed by atoms with Crippen molar-refractivity contribution in [2.24, 2.45) is 5.92 Å². The van der Waals surface area contributed by atoms with E-state index in [0.717, 1.165) is 5.56 Å². The highest BCUT2D eigenvalue weighted by molar-refractivity contribution is 5.95. The fourth-order valence-electron chi connectivity index (χ4n) is 3.73. The van der Waals surface area contributed by atoms with Crippen LogP contribution in [0, 0.1) is 5.92 Å². The number of rotatable bonds is 10. The minimum atomic E-state index is -0.854. The number of nitrogens with zero attached hydrogens (tertiary/aromatic N) is 2. The molecule has 0 spiro atoms. The molecule has 2 heterocycles. The van der Waals surface area contributed by atoms with Crippen LogP contribution < -0.4 is 15.4 Å². The number of aromatic nitrogens is 1. The average Bonchev–Trinajstić information content (AvgIpc) is 2.87. The van der Waals surface area contributed by atoms with Gasteiger partial charge in [-0.2, -0.15) is 0 Å². The number of carbonyl (C=O) groups is 4. The zero-order valence-electron chi connectivity index (χ0n) is 20.5. The fraction of sp³-hybridized carbons (Fsp3) is 0.423. The Morgan fingerprint density at radius 1 is 1.11 bits per heavy atom. The lowest BCUT2D eigenvalue weighted by Crippen LogP contribution is -2.57. The Balaban J connectivity index is 1.48. The number of piperidine rings is 1. The number of ether oxygens (including phenoxy) is 2. The van der Waals surface area contributed by atoms with Gasteiger partial charge in [-0.3, -0.25) is 14.4 Å². The van der Waals surface area contributed by atoms with E-state index in [1.807, 2.05) is 44.2 Å². The van der Waals surface area contributed by atoms with Crippen molar-refractivity contribution in [2.75, 3.05) is 19.7 Å². The number of carbonyl (C=O) groups excluding carboxylic acids is 4. The van der Waals surface area contributed by atoms with Gasteiger partial charge in [0, 0.05) is 18.8 Å². The number of hydrogen-bond acceptors (Lipinski definition) is 7. The molecule has 0 saturated carbocycles. The molecule has 2 N–H and O–H groups in total. The van der Waals surface area contributed by atoms with Crippen molar-refractivity contribution in [1.82, 2.24) is 20.5 Å². The quantitative estimate of drug-likeness (QED) is 0.516. The molecule has 3 amide bonds. The maximum Gasteiger partial charge on any atom is 0.408 e. The Bertz CT molecular complexity index is 1030. The van der Waals surface area contributed by atoms with Gasteiger partial charge in [0.2, 0.25) is 11.8 Å². The number of benzene rings is 1. The molecular formula is C26H32N4O6. The lowest BCUT2D eigenvalue weighted by molar-refractivity contribution is -0.141. The molecule has 36 heavy (non-hydrogen) atoms. The first-order valence-corrected chi connectivity index (χ1v) is 11.9. The van der Waals surface area contributed by atoms with Gasteiger partial charge in [0.1, 0.15) is 12.6 Å². The maximum atomic E-state index is 12.9. The van der Waals surface area contributed by atoms with Crippen LogP contribution in [0.1, 0.15) is 32.3 Å². The zero-order valence-corrected chi connectivity index (χ0v) is 20.5. The van der Waals surface area contributed by atoms with Crippen molar-refractivity contribution in [2.45, 2.75) is 45.4 Å². The third kappa shape index (κ3) is 8.37. The molecular weight excluding hydrogens is 464 g/mol. The Labute approximate surface area is 210 Å². The number of alkyl carbamates (subject to hydrolysis) is 1. The topological polar surface area (TPSA) is 127 Å². The molecule has 2 aromatic rings. The number of Topliss-reactive ketones (excluding diaryl/α,β-unsaturated/α-hetero) is 1. The lowest BCUT2D eigenvalue weighted by Gasteiger charge is -2.32. The Hall–Kier alpha value is -3.95. The highest BCUT2D eigenvalue weighted by Crippen LogP contribution is 2.12. The summed E-state index contributed by atoms with van der Waals surface area (Å²) in [5.74, 6) is -0.637. The number of pyridine rings is 1. The standard InChI is InChI=1S/C26H32N4O6/c1-18(2)14-21(29-26(34)36-16-19-8-4-3-5-9-19)25(33)28-20-11-13-30(15-22(20)31)24(32)17-35-23-10-6-7-12-27-23/h3-10,12,18,20-21H,11,13-17H2,1-2H3,(H,28,33)(H,29,34)/t20?,21-/m0/s1. The number of likely N-dealkylation sites (tertiary alicyclic amines) is 1. The lowest BCUT2D eigenvalue weighted by atomic mass is 10.00. The van der Waals surface area contributed by atoms with Crippen molar-refractivity contribution in [3.05, 3.63) is 60.3 Å². The summed E-state index contributed by atoms with van der Waals surface area (Å²) in [7, 11) is 0. The molecule has 1 aliphatic heterocycles. The summed E-state index contributed by atoms with van der Waals surface area (Å²) >= 11 is 0. The van der Waals surface area contributed by atoms with E-state index in [2.05, 4.69) is 15.6 Å². The normalized spacial score (nSPS) is 16.2. The third-order valence-electron chi connectivity index (χ3n) is 5.60. The van der Waals surface area contributed by atoms with Gasteiger partial charge >= 0.3 is 6.09 Å². The van der Waals surface area contributed by atoms with Crippen LogP contribution in [0.3, 0.4) is 0 Å². The molecule has 2 atom stereocenters. The fourth-order valence-corrected chi connectivity index (χ4v) is 3.73. The predicted octanol–water partition coefficient (Wildman–Crippen LogP) is 2.09. The van der Waals surface area contributed by atoms with Crippen molar-refractivity contribution in [3.8, 4) is 5.88 Å². The van der Waals surface area contributed by atoms with Gasteiger partial charge in [0.25, 0.3) is 5.91 Å². The summed E-state index contributed by atoms with van der Waals surface area (Å²) in [6.07, 6.45) is 1.50. The summed E-state index contributed by atoms with van der Waals surface area (Å²) in [4.78, 5) is 55.7. The molecule has 192 valence electrons. The smallest absolute Gasteiger partial charge is 0.408 e. The SMILES string of the molecule is CC(C)C[C@H](NC(=O)OCc1ccccc1)C(=O)NC1CCN(C(=O)COc2ccccn2)CC1=O. The summed E-state index contributed by atoms with van der Waals surface area (Å²) in [5, 5.41) is 5.34. The van der Waals surface area contributed by atoms with Gasteiger partial charge in [-0.25, -0.2) is 9.78 Å². The van der Waals surface area contributed by atoms with Gasteiger partial charge in [-0.05, 0) is 30.4 Å². The molecule has 10 nitrogen and oxygen atoms in total. The number of hydrogen-bond donors (Lipinski definition) is 2. The Morgan fingerprint density at radius 3 is 2.53 bits per heavy atom. The van der Waals surface area contributed by atoms with E-state index in [0.29, 0.717) is 18.8 Å². The van der Waals surface area contributed by atoms with Crippen molar-refractivity contribution < 1.29 is 28.7 Å². The van der Waals surface area contributed by atoms with Gasteiger partial charge in [-0.1, -0.05) is 50.2 Å². The maximum absolute atomic E-state index is 12.9. The van der Waals surface area contributed by atoms with Gasteiger partial charge in [0.15, 0.2) is 12.4 Å². The highest BCUT2D eigenvalue weighted by Gasteiger charge is 2.33. The van der Waals surface area contributed by atoms with Crippen molar-refractivity contribution >= 4 is 23.7 Å². The summed E-state index contributed by atoms with van der Waals surface area (Å²) in [6.45, 7) is 3.88. The summed E-state index contributed by atoms with van der Waals surface area (Å²) in [5.41, 5.74) is 0.829. The predicted molar refractivity (Wildman–Crippen MR) is 131 cm³/mol. The molecule has 1 aromatic carbocycles. The first-order valence-electron chi connectivity index (χ1n) is 11.9. The van der Waals surface area contributed by atoms with Crippen LogP contribution in [-0.4, -0.2) is 65.4 Å². The van der Waals surface area contributed by atoms with Crippen LogP contribution in [-0.2, 0) is 25.7 Å². The van der Waals surface area contributed by atoms with Gasteiger partial charge < -0.3 is 25.0 Å². The Kier molecular flexibility index (Phi) is 9.79. The molecule has 1 aliphatic rings. The molecule has 0 radical (unpaired) electrons. The molecule has 1 aromatic heterocycles. The number of ketones is 1. The monoisotopic (exact) mass is 496 g/mol. The summed E-state index contributed by atoms with van der Waals surface area (Å²) < 4.78 is 10.6. The summed E-state index contributed by atoms with van der Waals surface area (Å²) in [6, 6.07) is 12.7. The van der Waals surface area contributed by atoms with E-state index >= 15 is 0 Å². The van der Waals surface area contributed by atoms with Crippen LogP contribution in [0.25, 0.3) is 0 Å². The second kappa shape index (κ2) is 13.2.